The quantitative estimate of drug-likeness (QED) is 0.913. The van der Waals surface area contributed by atoms with Crippen LogP contribution in [0, 0.1) is 25.2 Å². The van der Waals surface area contributed by atoms with Gasteiger partial charge in [-0.1, -0.05) is 11.6 Å². The number of ether oxygens (including phenoxy) is 1. The molecule has 2 aromatic rings. The first-order valence-electron chi connectivity index (χ1n) is 7.78. The molecule has 126 valence electrons. The Morgan fingerprint density at radius 1 is 1.46 bits per heavy atom. The van der Waals surface area contributed by atoms with Crippen molar-refractivity contribution >= 4 is 17.4 Å². The Hall–Kier alpha value is -2.17. The summed E-state index contributed by atoms with van der Waals surface area (Å²) in [6.07, 6.45) is 0.864. The van der Waals surface area contributed by atoms with Gasteiger partial charge in [0.1, 0.15) is 17.7 Å². The van der Waals surface area contributed by atoms with Crippen molar-refractivity contribution in [3.8, 4) is 6.07 Å². The van der Waals surface area contributed by atoms with Gasteiger partial charge < -0.3 is 9.64 Å². The van der Waals surface area contributed by atoms with Gasteiger partial charge >= 0.3 is 0 Å². The molecule has 0 aromatic carbocycles. The van der Waals surface area contributed by atoms with Crippen molar-refractivity contribution in [3.05, 3.63) is 34.0 Å². The largest absolute Gasteiger partial charge is 0.376 e. The van der Waals surface area contributed by atoms with Crippen molar-refractivity contribution in [2.24, 2.45) is 0 Å². The van der Waals surface area contributed by atoms with E-state index in [9.17, 15) is 0 Å². The molecular formula is C16H19ClN6O. The smallest absolute Gasteiger partial charge is 0.156 e. The maximum absolute atomic E-state index is 9.07. The summed E-state index contributed by atoms with van der Waals surface area (Å²) in [5, 5.41) is 16.7. The lowest BCUT2D eigenvalue weighted by molar-refractivity contribution is 0.108. The summed E-state index contributed by atoms with van der Waals surface area (Å²) in [6.45, 7) is 4.99. The minimum atomic E-state index is -0.0287. The fourth-order valence-electron chi connectivity index (χ4n) is 2.96. The van der Waals surface area contributed by atoms with Crippen LogP contribution in [0.4, 0.5) is 5.82 Å². The summed E-state index contributed by atoms with van der Waals surface area (Å²) < 4.78 is 5.88. The minimum absolute atomic E-state index is 0.0287. The lowest BCUT2D eigenvalue weighted by Crippen LogP contribution is -2.33. The number of nitrogens with zero attached hydrogens (tertiary/aromatic N) is 5. The van der Waals surface area contributed by atoms with Crippen molar-refractivity contribution in [2.45, 2.75) is 32.3 Å². The van der Waals surface area contributed by atoms with E-state index in [-0.39, 0.29) is 12.0 Å². The van der Waals surface area contributed by atoms with Gasteiger partial charge in [-0.3, -0.25) is 5.10 Å². The van der Waals surface area contributed by atoms with Crippen LogP contribution in [-0.4, -0.2) is 46.5 Å². The predicted molar refractivity (Wildman–Crippen MR) is 90.2 cm³/mol. The van der Waals surface area contributed by atoms with Crippen LogP contribution in [0.25, 0.3) is 0 Å². The number of hydrogen-bond acceptors (Lipinski definition) is 6. The van der Waals surface area contributed by atoms with E-state index < -0.39 is 0 Å². The van der Waals surface area contributed by atoms with Crippen LogP contribution >= 0.6 is 11.6 Å². The van der Waals surface area contributed by atoms with Gasteiger partial charge in [0.25, 0.3) is 0 Å². The third-order valence-corrected chi connectivity index (χ3v) is 4.52. The van der Waals surface area contributed by atoms with E-state index in [1.54, 1.807) is 13.0 Å². The number of nitriles is 1. The summed E-state index contributed by atoms with van der Waals surface area (Å²) in [5.74, 6) is 2.39. The molecule has 7 nitrogen and oxygen atoms in total. The zero-order valence-corrected chi connectivity index (χ0v) is 14.6. The molecule has 2 atom stereocenters. The molecule has 0 bridgehead atoms. The Labute approximate surface area is 145 Å². The minimum Gasteiger partial charge on any atom is -0.376 e. The van der Waals surface area contributed by atoms with E-state index in [1.807, 2.05) is 18.9 Å². The molecule has 3 heterocycles. The Balaban J connectivity index is 1.78. The molecule has 1 aliphatic heterocycles. The highest BCUT2D eigenvalue weighted by molar-refractivity contribution is 6.33. The summed E-state index contributed by atoms with van der Waals surface area (Å²) >= 11 is 6.29. The van der Waals surface area contributed by atoms with E-state index in [0.29, 0.717) is 35.2 Å². The van der Waals surface area contributed by atoms with Gasteiger partial charge in [-0.05, 0) is 26.3 Å². The molecule has 3 rings (SSSR count). The fraction of sp³-hybridized carbons (Fsp3) is 0.500. The number of halogens is 1. The van der Waals surface area contributed by atoms with Gasteiger partial charge in [0.15, 0.2) is 5.82 Å². The fourth-order valence-corrected chi connectivity index (χ4v) is 3.25. The van der Waals surface area contributed by atoms with Gasteiger partial charge in [0, 0.05) is 20.2 Å². The number of aromatic amines is 1. The second kappa shape index (κ2) is 6.75. The standard InChI is InChI=1S/C16H19ClN6O/c1-9-11(7-18)6-13(17)16(19-9)23(3)8-14-12(4-5-24-14)15-20-10(2)21-22-15/h6,12,14H,4-5,8H2,1-3H3,(H,20,21,22)/t12-,14-/m1/s1. The first-order valence-corrected chi connectivity index (χ1v) is 8.16. The number of aromatic nitrogens is 4. The molecule has 24 heavy (non-hydrogen) atoms. The first kappa shape index (κ1) is 16.7. The summed E-state index contributed by atoms with van der Waals surface area (Å²) in [7, 11) is 1.92. The normalized spacial score (nSPS) is 20.1. The Morgan fingerprint density at radius 3 is 2.92 bits per heavy atom. The van der Waals surface area contributed by atoms with Gasteiger partial charge in [-0.15, -0.1) is 0 Å². The van der Waals surface area contributed by atoms with E-state index in [4.69, 9.17) is 21.6 Å². The molecule has 0 radical (unpaired) electrons. The number of likely N-dealkylation sites (N-methyl/N-ethyl adjacent to an activating group) is 1. The van der Waals surface area contributed by atoms with Crippen LogP contribution in [0.1, 0.15) is 35.2 Å². The van der Waals surface area contributed by atoms with E-state index in [0.717, 1.165) is 18.1 Å². The molecule has 0 saturated carbocycles. The molecule has 0 amide bonds. The molecule has 0 aliphatic carbocycles. The van der Waals surface area contributed by atoms with Crippen LogP contribution in [0.3, 0.4) is 0 Å². The SMILES string of the molecule is Cc1nc([C@@H]2CCO[C@@H]2CN(C)c2nc(C)c(C#N)cc2Cl)n[nH]1. The molecule has 1 aliphatic rings. The second-order valence-corrected chi connectivity index (χ2v) is 6.41. The molecule has 1 N–H and O–H groups in total. The monoisotopic (exact) mass is 346 g/mol. The number of pyridine rings is 1. The van der Waals surface area contributed by atoms with Crippen LogP contribution in [0.5, 0.6) is 0 Å². The van der Waals surface area contributed by atoms with Crippen molar-refractivity contribution in [2.75, 3.05) is 25.1 Å². The number of anilines is 1. The molecular weight excluding hydrogens is 328 g/mol. The highest BCUT2D eigenvalue weighted by Crippen LogP contribution is 2.32. The Bertz CT molecular complexity index is 783. The number of hydrogen-bond donors (Lipinski definition) is 1. The average Bonchev–Trinajstić information content (AvgIpc) is 3.17. The third kappa shape index (κ3) is 3.21. The maximum Gasteiger partial charge on any atom is 0.156 e. The summed E-state index contributed by atoms with van der Waals surface area (Å²) in [5.41, 5.74) is 1.15. The number of H-pyrrole nitrogens is 1. The predicted octanol–water partition coefficient (Wildman–Crippen LogP) is 2.35. The zero-order valence-electron chi connectivity index (χ0n) is 13.9. The molecule has 1 fully saturated rings. The Morgan fingerprint density at radius 2 is 2.25 bits per heavy atom. The molecule has 2 aromatic heterocycles. The van der Waals surface area contributed by atoms with Crippen LogP contribution < -0.4 is 4.90 Å². The molecule has 0 unspecified atom stereocenters. The van der Waals surface area contributed by atoms with Gasteiger partial charge in [0.05, 0.1) is 28.3 Å². The average molecular weight is 347 g/mol. The van der Waals surface area contributed by atoms with Gasteiger partial charge in [-0.2, -0.15) is 10.4 Å². The lowest BCUT2D eigenvalue weighted by atomic mass is 10.0. The third-order valence-electron chi connectivity index (χ3n) is 4.24. The highest BCUT2D eigenvalue weighted by atomic mass is 35.5. The van der Waals surface area contributed by atoms with Crippen molar-refractivity contribution < 1.29 is 4.74 Å². The van der Waals surface area contributed by atoms with E-state index in [1.165, 1.54) is 0 Å². The summed E-state index contributed by atoms with van der Waals surface area (Å²) in [4.78, 5) is 10.9. The molecule has 1 saturated heterocycles. The maximum atomic E-state index is 9.07. The second-order valence-electron chi connectivity index (χ2n) is 6.00. The zero-order chi connectivity index (χ0) is 17.3. The Kier molecular flexibility index (Phi) is 4.69. The van der Waals surface area contributed by atoms with Gasteiger partial charge in [-0.25, -0.2) is 9.97 Å². The van der Waals surface area contributed by atoms with Crippen LogP contribution in [-0.2, 0) is 4.74 Å². The van der Waals surface area contributed by atoms with Gasteiger partial charge in [0.2, 0.25) is 0 Å². The van der Waals surface area contributed by atoms with Crippen molar-refractivity contribution in [1.29, 1.82) is 5.26 Å². The molecule has 8 heteroatoms. The van der Waals surface area contributed by atoms with E-state index in [2.05, 4.69) is 26.2 Å². The highest BCUT2D eigenvalue weighted by Gasteiger charge is 2.33. The molecule has 0 spiro atoms. The topological polar surface area (TPSA) is 90.7 Å². The lowest BCUT2D eigenvalue weighted by Gasteiger charge is -2.25. The first-order chi connectivity index (χ1) is 11.5. The number of aryl methyl sites for hydroxylation is 2. The number of rotatable bonds is 4. The van der Waals surface area contributed by atoms with Crippen molar-refractivity contribution in [3.63, 3.8) is 0 Å². The summed E-state index contributed by atoms with van der Waals surface area (Å²) in [6, 6.07) is 3.75. The van der Waals surface area contributed by atoms with Crippen molar-refractivity contribution in [1.82, 2.24) is 20.2 Å². The number of nitrogens with one attached hydrogen (secondary N) is 1. The van der Waals surface area contributed by atoms with Crippen LogP contribution in [0.15, 0.2) is 6.07 Å². The van der Waals surface area contributed by atoms with E-state index >= 15 is 0 Å². The van der Waals surface area contributed by atoms with Crippen LogP contribution in [0.2, 0.25) is 5.02 Å².